The van der Waals surface area contributed by atoms with Gasteiger partial charge in [-0.05, 0) is 82.5 Å². The van der Waals surface area contributed by atoms with Gasteiger partial charge in [-0.2, -0.15) is 5.26 Å². The standard InChI is InChI=1S/C44H56ClN4O10P/c1-30(2)49(31(3)4)60(56-27-12-25-46)59-40-38(57-41(48-26-23-39(50)47-42(48)51)43(40,6)58-32(5)54-28-24-45)29-55-44(33-13-10-9-11-14-33,34-15-19-36(52-7)20-16-34)35-17-21-37(53-8)22-18-35/h9-11,13-23,26,30-32,38,40-41H,12,24,27-29H2,1-8H3,(H,47,50,51)/t32?,38-,40-,41-,43-,60?/m1/s1. The number of hydrogen-bond donors (Lipinski definition) is 1. The van der Waals surface area contributed by atoms with Gasteiger partial charge in [-0.1, -0.05) is 54.6 Å². The summed E-state index contributed by atoms with van der Waals surface area (Å²) in [5, 5.41) is 9.48. The molecule has 2 unspecified atom stereocenters. The molecule has 16 heteroatoms. The second-order valence-electron chi connectivity index (χ2n) is 14.9. The van der Waals surface area contributed by atoms with Crippen molar-refractivity contribution >= 4 is 20.1 Å². The number of rotatable bonds is 22. The third kappa shape index (κ3) is 10.7. The first-order valence-corrected chi connectivity index (χ1v) is 21.5. The second kappa shape index (κ2) is 21.6. The van der Waals surface area contributed by atoms with Crippen molar-refractivity contribution in [1.82, 2.24) is 14.2 Å². The van der Waals surface area contributed by atoms with E-state index in [1.54, 1.807) is 28.1 Å². The van der Waals surface area contributed by atoms with Crippen LogP contribution in [-0.4, -0.2) is 90.3 Å². The molecule has 60 heavy (non-hydrogen) atoms. The van der Waals surface area contributed by atoms with Gasteiger partial charge in [0.1, 0.15) is 34.9 Å². The third-order valence-electron chi connectivity index (χ3n) is 10.2. The van der Waals surface area contributed by atoms with Crippen molar-refractivity contribution in [3.05, 3.63) is 129 Å². The largest absolute Gasteiger partial charge is 0.497 e. The summed E-state index contributed by atoms with van der Waals surface area (Å²) in [6.45, 7) is 11.8. The predicted octanol–water partition coefficient (Wildman–Crippen LogP) is 7.50. The molecule has 0 amide bonds. The van der Waals surface area contributed by atoms with E-state index in [9.17, 15) is 14.9 Å². The van der Waals surface area contributed by atoms with E-state index < -0.39 is 55.7 Å². The highest BCUT2D eigenvalue weighted by Gasteiger charge is 2.60. The van der Waals surface area contributed by atoms with Gasteiger partial charge in [-0.3, -0.25) is 14.3 Å². The molecule has 1 aliphatic rings. The monoisotopic (exact) mass is 866 g/mol. The Morgan fingerprint density at radius 1 is 0.900 bits per heavy atom. The van der Waals surface area contributed by atoms with Crippen LogP contribution in [0.1, 0.15) is 70.9 Å². The maximum atomic E-state index is 13.6. The van der Waals surface area contributed by atoms with Gasteiger partial charge in [-0.25, -0.2) is 9.46 Å². The topological polar surface area (TPSA) is 156 Å². The van der Waals surface area contributed by atoms with E-state index in [-0.39, 0.29) is 44.2 Å². The Balaban J connectivity index is 1.73. The first-order valence-electron chi connectivity index (χ1n) is 19.9. The molecule has 0 saturated carbocycles. The maximum absolute atomic E-state index is 13.6. The van der Waals surface area contributed by atoms with E-state index >= 15 is 0 Å². The zero-order valence-corrected chi connectivity index (χ0v) is 37.1. The summed E-state index contributed by atoms with van der Waals surface area (Å²) in [7, 11) is 1.33. The smallest absolute Gasteiger partial charge is 0.330 e. The SMILES string of the molecule is COc1ccc(C(OC[C@H]2O[C@@H](n3ccc(=O)[nH]c3=O)[C@](C)(OC(C)OCCCl)[C@@H]2OP(OCCC#N)N(C(C)C)C(C)C)(c2ccccc2)c2ccc(OC)cc2)cc1. The van der Waals surface area contributed by atoms with Crippen LogP contribution in [0.2, 0.25) is 0 Å². The number of halogens is 1. The van der Waals surface area contributed by atoms with Gasteiger partial charge in [0.2, 0.25) is 0 Å². The molecule has 3 aromatic carbocycles. The number of aromatic nitrogens is 2. The molecule has 1 aliphatic heterocycles. The fraction of sp³-hybridized carbons (Fsp3) is 0.477. The van der Waals surface area contributed by atoms with E-state index in [2.05, 4.69) is 15.7 Å². The molecule has 0 aliphatic carbocycles. The quantitative estimate of drug-likeness (QED) is 0.0274. The number of H-pyrrole nitrogens is 1. The molecule has 1 fully saturated rings. The Morgan fingerprint density at radius 3 is 2.00 bits per heavy atom. The lowest BCUT2D eigenvalue weighted by atomic mass is 9.80. The lowest BCUT2D eigenvalue weighted by molar-refractivity contribution is -0.236. The number of alkyl halides is 1. The fourth-order valence-corrected chi connectivity index (χ4v) is 9.47. The minimum Gasteiger partial charge on any atom is -0.497 e. The number of ether oxygens (including phenoxy) is 6. The minimum absolute atomic E-state index is 0.0399. The molecule has 1 N–H and O–H groups in total. The van der Waals surface area contributed by atoms with Gasteiger partial charge in [-0.15, -0.1) is 11.6 Å². The van der Waals surface area contributed by atoms with Gasteiger partial charge < -0.3 is 37.5 Å². The van der Waals surface area contributed by atoms with E-state index in [1.807, 2.05) is 107 Å². The highest BCUT2D eigenvalue weighted by Crippen LogP contribution is 2.54. The number of nitrogens with zero attached hydrogens (tertiary/aromatic N) is 3. The first kappa shape index (κ1) is 46.9. The van der Waals surface area contributed by atoms with Crippen LogP contribution in [0.3, 0.4) is 0 Å². The average molecular weight is 867 g/mol. The Kier molecular flexibility index (Phi) is 16.9. The first-order chi connectivity index (χ1) is 28.8. The van der Waals surface area contributed by atoms with Crippen LogP contribution >= 0.6 is 20.1 Å². The molecule has 6 atom stereocenters. The van der Waals surface area contributed by atoms with Crippen LogP contribution in [0.15, 0.2) is 101 Å². The molecule has 2 heterocycles. The molecule has 324 valence electrons. The molecule has 0 bridgehead atoms. The zero-order chi connectivity index (χ0) is 43.5. The van der Waals surface area contributed by atoms with Gasteiger partial charge >= 0.3 is 5.69 Å². The van der Waals surface area contributed by atoms with Crippen molar-refractivity contribution < 1.29 is 37.5 Å². The summed E-state index contributed by atoms with van der Waals surface area (Å²) in [6, 6.07) is 28.5. The molecule has 1 saturated heterocycles. The lowest BCUT2D eigenvalue weighted by Gasteiger charge is -2.42. The molecular formula is C44H56ClN4O10P. The summed E-state index contributed by atoms with van der Waals surface area (Å²) < 4.78 is 55.0. The predicted molar refractivity (Wildman–Crippen MR) is 229 cm³/mol. The van der Waals surface area contributed by atoms with E-state index in [0.717, 1.165) is 16.7 Å². The number of methoxy groups -OCH3 is 2. The summed E-state index contributed by atoms with van der Waals surface area (Å²) in [4.78, 5) is 28.3. The zero-order valence-electron chi connectivity index (χ0n) is 35.4. The van der Waals surface area contributed by atoms with Gasteiger partial charge in [0.15, 0.2) is 12.5 Å². The third-order valence-corrected chi connectivity index (χ3v) is 12.4. The number of aromatic amines is 1. The molecule has 4 aromatic rings. The normalized spacial score (nSPS) is 20.4. The molecule has 0 spiro atoms. The molecule has 14 nitrogen and oxygen atoms in total. The van der Waals surface area contributed by atoms with Crippen molar-refractivity contribution in [2.75, 3.05) is 39.9 Å². The highest BCUT2D eigenvalue weighted by molar-refractivity contribution is 7.44. The second-order valence-corrected chi connectivity index (χ2v) is 16.6. The van der Waals surface area contributed by atoms with Crippen molar-refractivity contribution in [3.63, 3.8) is 0 Å². The lowest BCUT2D eigenvalue weighted by Crippen LogP contribution is -2.52. The Labute approximate surface area is 358 Å². The summed E-state index contributed by atoms with van der Waals surface area (Å²) >= 11 is 6.02. The van der Waals surface area contributed by atoms with Crippen LogP contribution in [0, 0.1) is 11.3 Å². The fourth-order valence-electron chi connectivity index (χ4n) is 7.53. The van der Waals surface area contributed by atoms with Crippen LogP contribution in [-0.2, 0) is 33.6 Å². The summed E-state index contributed by atoms with van der Waals surface area (Å²) in [5.74, 6) is 1.55. The maximum Gasteiger partial charge on any atom is 0.330 e. The average Bonchev–Trinajstić information content (AvgIpc) is 3.49. The number of nitrogens with one attached hydrogen (secondary N) is 1. The van der Waals surface area contributed by atoms with Gasteiger partial charge in [0.25, 0.3) is 14.1 Å². The molecule has 0 radical (unpaired) electrons. The van der Waals surface area contributed by atoms with Crippen molar-refractivity contribution in [2.45, 2.75) is 96.0 Å². The van der Waals surface area contributed by atoms with Crippen LogP contribution < -0.4 is 20.7 Å². The molecule has 5 rings (SSSR count). The summed E-state index contributed by atoms with van der Waals surface area (Å²) in [5.41, 5.74) is -1.64. The Morgan fingerprint density at radius 2 is 1.48 bits per heavy atom. The van der Waals surface area contributed by atoms with Crippen LogP contribution in [0.5, 0.6) is 11.5 Å². The van der Waals surface area contributed by atoms with Crippen molar-refractivity contribution in [2.24, 2.45) is 0 Å². The van der Waals surface area contributed by atoms with Crippen molar-refractivity contribution in [1.29, 1.82) is 5.26 Å². The van der Waals surface area contributed by atoms with Crippen molar-refractivity contribution in [3.8, 4) is 17.6 Å². The number of benzene rings is 3. The number of nitriles is 1. The van der Waals surface area contributed by atoms with E-state index in [0.29, 0.717) is 11.5 Å². The van der Waals surface area contributed by atoms with Gasteiger partial charge in [0.05, 0.1) is 46.5 Å². The van der Waals surface area contributed by atoms with Crippen LogP contribution in [0.4, 0.5) is 0 Å². The van der Waals surface area contributed by atoms with Gasteiger partial charge in [0, 0.05) is 30.2 Å². The van der Waals surface area contributed by atoms with Crippen LogP contribution in [0.25, 0.3) is 0 Å². The Hall–Kier alpha value is -4.13. The summed E-state index contributed by atoms with van der Waals surface area (Å²) in [6.07, 6.45) is -2.51. The van der Waals surface area contributed by atoms with E-state index in [4.69, 9.17) is 49.1 Å². The Bertz CT molecular complexity index is 2040. The number of hydrogen-bond acceptors (Lipinski definition) is 12. The minimum atomic E-state index is -1.90. The molecular weight excluding hydrogens is 811 g/mol. The molecule has 1 aromatic heterocycles. The highest BCUT2D eigenvalue weighted by atomic mass is 35.5. The van der Waals surface area contributed by atoms with E-state index in [1.165, 1.54) is 16.8 Å².